The fraction of sp³-hybridized carbons (Fsp3) is 0.0769. The van der Waals surface area contributed by atoms with Crippen molar-refractivity contribution in [3.05, 3.63) is 107 Å². The molecule has 31 heavy (non-hydrogen) atoms. The SMILES string of the molecule is NC(Cc1ccccc1)C(=O)Nc1cccc(C(=O)/C=C/c2csc3ccccc23)c1. The number of hydrogen-bond donors (Lipinski definition) is 2. The van der Waals surface area contributed by atoms with Crippen molar-refractivity contribution in [2.24, 2.45) is 5.73 Å². The monoisotopic (exact) mass is 426 g/mol. The summed E-state index contributed by atoms with van der Waals surface area (Å²) < 4.78 is 1.19. The molecule has 0 saturated carbocycles. The number of fused-ring (bicyclic) bond motifs is 1. The molecule has 0 radical (unpaired) electrons. The Morgan fingerprint density at radius 2 is 1.74 bits per heavy atom. The molecule has 5 heteroatoms. The molecule has 1 heterocycles. The molecule has 3 N–H and O–H groups in total. The number of hydrogen-bond acceptors (Lipinski definition) is 4. The van der Waals surface area contributed by atoms with Crippen LogP contribution >= 0.6 is 11.3 Å². The van der Waals surface area contributed by atoms with E-state index in [-0.39, 0.29) is 11.7 Å². The molecule has 0 aliphatic carbocycles. The standard InChI is InChI=1S/C26H22N2O2S/c27-23(15-18-7-2-1-3-8-18)26(30)28-21-10-6-9-19(16-21)24(29)14-13-20-17-31-25-12-5-4-11-22(20)25/h1-14,16-17,23H,15,27H2,(H,28,30)/b14-13+. The van der Waals surface area contributed by atoms with Gasteiger partial charge in [0.15, 0.2) is 5.78 Å². The maximum absolute atomic E-state index is 12.7. The summed E-state index contributed by atoms with van der Waals surface area (Å²) in [5.41, 5.74) is 9.13. The molecule has 0 fully saturated rings. The van der Waals surface area contributed by atoms with E-state index in [0.29, 0.717) is 17.7 Å². The van der Waals surface area contributed by atoms with Crippen LogP contribution < -0.4 is 11.1 Å². The van der Waals surface area contributed by atoms with Crippen LogP contribution in [-0.2, 0) is 11.2 Å². The lowest BCUT2D eigenvalue weighted by Crippen LogP contribution is -2.37. The Balaban J connectivity index is 1.42. The van der Waals surface area contributed by atoms with E-state index in [2.05, 4.69) is 11.4 Å². The maximum Gasteiger partial charge on any atom is 0.241 e. The molecule has 3 aromatic carbocycles. The van der Waals surface area contributed by atoms with Gasteiger partial charge in [-0.25, -0.2) is 0 Å². The first-order valence-corrected chi connectivity index (χ1v) is 10.9. The van der Waals surface area contributed by atoms with Gasteiger partial charge in [0.2, 0.25) is 5.91 Å². The molecule has 0 spiro atoms. The van der Waals surface area contributed by atoms with Crippen molar-refractivity contribution in [2.75, 3.05) is 5.32 Å². The number of amides is 1. The zero-order chi connectivity index (χ0) is 21.6. The van der Waals surface area contributed by atoms with Crippen molar-refractivity contribution in [3.8, 4) is 0 Å². The molecule has 4 rings (SSSR count). The molecular weight excluding hydrogens is 404 g/mol. The molecule has 154 valence electrons. The summed E-state index contributed by atoms with van der Waals surface area (Å²) in [6.07, 6.45) is 3.85. The average Bonchev–Trinajstić information content (AvgIpc) is 3.21. The summed E-state index contributed by atoms with van der Waals surface area (Å²) in [7, 11) is 0. The molecular formula is C26H22N2O2S. The number of rotatable bonds is 7. The second kappa shape index (κ2) is 9.51. The highest BCUT2D eigenvalue weighted by molar-refractivity contribution is 7.17. The van der Waals surface area contributed by atoms with E-state index in [4.69, 9.17) is 5.73 Å². The second-order valence-corrected chi connectivity index (χ2v) is 8.16. The molecule has 0 bridgehead atoms. The summed E-state index contributed by atoms with van der Waals surface area (Å²) in [6.45, 7) is 0. The van der Waals surface area contributed by atoms with Gasteiger partial charge >= 0.3 is 0 Å². The van der Waals surface area contributed by atoms with E-state index >= 15 is 0 Å². The quantitative estimate of drug-likeness (QED) is 0.311. The molecule has 1 aromatic heterocycles. The van der Waals surface area contributed by atoms with Gasteiger partial charge in [0.05, 0.1) is 6.04 Å². The highest BCUT2D eigenvalue weighted by atomic mass is 32.1. The van der Waals surface area contributed by atoms with Gasteiger partial charge in [0.25, 0.3) is 0 Å². The highest BCUT2D eigenvalue weighted by Crippen LogP contribution is 2.26. The van der Waals surface area contributed by atoms with Crippen LogP contribution in [0.2, 0.25) is 0 Å². The molecule has 0 saturated heterocycles. The fourth-order valence-electron chi connectivity index (χ4n) is 3.34. The first kappa shape index (κ1) is 20.7. The number of carbonyl (C=O) groups excluding carboxylic acids is 2. The zero-order valence-corrected chi connectivity index (χ0v) is 17.6. The number of thiophene rings is 1. The molecule has 1 amide bonds. The van der Waals surface area contributed by atoms with Gasteiger partial charge in [-0.2, -0.15) is 0 Å². The van der Waals surface area contributed by atoms with Gasteiger partial charge in [-0.1, -0.05) is 60.7 Å². The number of anilines is 1. The average molecular weight is 427 g/mol. The number of ketones is 1. The predicted octanol–water partition coefficient (Wildman–Crippen LogP) is 5.31. The normalized spacial score (nSPS) is 12.2. The minimum absolute atomic E-state index is 0.125. The summed E-state index contributed by atoms with van der Waals surface area (Å²) in [5, 5.41) is 5.98. The molecule has 4 nitrogen and oxygen atoms in total. The summed E-state index contributed by atoms with van der Waals surface area (Å²) >= 11 is 1.65. The van der Waals surface area contributed by atoms with Gasteiger partial charge in [0.1, 0.15) is 0 Å². The number of allylic oxidation sites excluding steroid dienone is 1. The van der Waals surface area contributed by atoms with Gasteiger partial charge in [-0.05, 0) is 58.7 Å². The molecule has 4 aromatic rings. The maximum atomic E-state index is 12.7. The predicted molar refractivity (Wildman–Crippen MR) is 128 cm³/mol. The Bertz CT molecular complexity index is 1240. The molecule has 0 aliphatic rings. The largest absolute Gasteiger partial charge is 0.325 e. The van der Waals surface area contributed by atoms with Crippen molar-refractivity contribution >= 4 is 44.9 Å². The summed E-state index contributed by atoms with van der Waals surface area (Å²) in [5.74, 6) is -0.409. The van der Waals surface area contributed by atoms with E-state index in [0.717, 1.165) is 16.5 Å². The smallest absolute Gasteiger partial charge is 0.241 e. The molecule has 0 aliphatic heterocycles. The van der Waals surface area contributed by atoms with Crippen LogP contribution in [0.25, 0.3) is 16.2 Å². The number of nitrogens with one attached hydrogen (secondary N) is 1. The van der Waals surface area contributed by atoms with Crippen molar-refractivity contribution in [1.82, 2.24) is 0 Å². The number of benzene rings is 3. The lowest BCUT2D eigenvalue weighted by atomic mass is 10.1. The van der Waals surface area contributed by atoms with Gasteiger partial charge in [0, 0.05) is 16.0 Å². The minimum Gasteiger partial charge on any atom is -0.325 e. The Kier molecular flexibility index (Phi) is 6.36. The third kappa shape index (κ3) is 5.15. The number of carbonyl (C=O) groups is 2. The van der Waals surface area contributed by atoms with Crippen molar-refractivity contribution in [2.45, 2.75) is 12.5 Å². The highest BCUT2D eigenvalue weighted by Gasteiger charge is 2.15. The summed E-state index contributed by atoms with van der Waals surface area (Å²) in [4.78, 5) is 25.1. The fourth-order valence-corrected chi connectivity index (χ4v) is 4.26. The van der Waals surface area contributed by atoms with Crippen LogP contribution in [0.4, 0.5) is 5.69 Å². The van der Waals surface area contributed by atoms with E-state index in [9.17, 15) is 9.59 Å². The van der Waals surface area contributed by atoms with Crippen LogP contribution in [0.5, 0.6) is 0 Å². The lowest BCUT2D eigenvalue weighted by Gasteiger charge is -2.13. The van der Waals surface area contributed by atoms with Crippen LogP contribution in [-0.4, -0.2) is 17.7 Å². The van der Waals surface area contributed by atoms with E-state index in [1.54, 1.807) is 41.7 Å². The van der Waals surface area contributed by atoms with Crippen molar-refractivity contribution in [3.63, 3.8) is 0 Å². The van der Waals surface area contributed by atoms with Gasteiger partial charge < -0.3 is 11.1 Å². The third-order valence-corrected chi connectivity index (χ3v) is 5.96. The molecule has 1 unspecified atom stereocenters. The Labute approximate surface area is 185 Å². The van der Waals surface area contributed by atoms with Crippen LogP contribution in [0, 0.1) is 0 Å². The number of nitrogens with two attached hydrogens (primary N) is 1. The Morgan fingerprint density at radius 3 is 2.58 bits per heavy atom. The lowest BCUT2D eigenvalue weighted by molar-refractivity contribution is -0.117. The van der Waals surface area contributed by atoms with Gasteiger partial charge in [-0.3, -0.25) is 9.59 Å². The van der Waals surface area contributed by atoms with Crippen molar-refractivity contribution in [1.29, 1.82) is 0 Å². The van der Waals surface area contributed by atoms with Crippen LogP contribution in [0.1, 0.15) is 21.5 Å². The minimum atomic E-state index is -0.673. The first-order chi connectivity index (χ1) is 15.1. The van der Waals surface area contributed by atoms with Gasteiger partial charge in [-0.15, -0.1) is 11.3 Å². The van der Waals surface area contributed by atoms with Crippen molar-refractivity contribution < 1.29 is 9.59 Å². The van der Waals surface area contributed by atoms with E-state index < -0.39 is 6.04 Å². The Hall–Kier alpha value is -3.54. The van der Waals surface area contributed by atoms with E-state index in [1.807, 2.05) is 60.0 Å². The molecule has 1 atom stereocenters. The Morgan fingerprint density at radius 1 is 0.968 bits per heavy atom. The third-order valence-electron chi connectivity index (χ3n) is 4.98. The second-order valence-electron chi connectivity index (χ2n) is 7.25. The van der Waals surface area contributed by atoms with E-state index in [1.165, 1.54) is 4.70 Å². The zero-order valence-electron chi connectivity index (χ0n) is 16.8. The van der Waals surface area contributed by atoms with Crippen LogP contribution in [0.15, 0.2) is 90.3 Å². The first-order valence-electron chi connectivity index (χ1n) is 9.99. The topological polar surface area (TPSA) is 72.2 Å². The summed E-state index contributed by atoms with van der Waals surface area (Å²) in [6, 6.07) is 24.0. The van der Waals surface area contributed by atoms with Crippen LogP contribution in [0.3, 0.4) is 0 Å².